The number of rotatable bonds is 4. The molecule has 3 rings (SSSR count). The zero-order valence-corrected chi connectivity index (χ0v) is 12.3. The molecule has 2 aromatic rings. The predicted molar refractivity (Wildman–Crippen MR) is 83.6 cm³/mol. The second kappa shape index (κ2) is 5.42. The highest BCUT2D eigenvalue weighted by atomic mass is 35.5. The largest absolute Gasteiger partial charge is 0.324 e. The predicted octanol–water partition coefficient (Wildman–Crippen LogP) is 3.13. The van der Waals surface area contributed by atoms with Crippen molar-refractivity contribution in [3.63, 3.8) is 0 Å². The molecule has 5 nitrogen and oxygen atoms in total. The second-order valence-corrected chi connectivity index (χ2v) is 5.79. The maximum Gasteiger partial charge on any atom is 0.251 e. The number of fused-ring (bicyclic) bond motifs is 1. The lowest BCUT2D eigenvalue weighted by Crippen LogP contribution is -2.38. The van der Waals surface area contributed by atoms with Crippen molar-refractivity contribution in [3.8, 4) is 0 Å². The van der Waals surface area contributed by atoms with Gasteiger partial charge in [0.15, 0.2) is 4.87 Å². The molecular weight excluding hydrogens is 304 g/mol. The summed E-state index contributed by atoms with van der Waals surface area (Å²) in [6.07, 6.45) is 0. The monoisotopic (exact) mass is 316 g/mol. The number of nitrogens with zero attached hydrogens (tertiary/aromatic N) is 1. The van der Waals surface area contributed by atoms with Gasteiger partial charge in [-0.1, -0.05) is 48.5 Å². The van der Waals surface area contributed by atoms with Crippen LogP contribution in [0.1, 0.15) is 17.0 Å². The Morgan fingerprint density at radius 1 is 1.14 bits per heavy atom. The van der Waals surface area contributed by atoms with Gasteiger partial charge in [0.25, 0.3) is 5.91 Å². The maximum absolute atomic E-state index is 12.5. The zero-order chi connectivity index (χ0) is 15.7. The molecule has 0 saturated heterocycles. The van der Waals surface area contributed by atoms with Crippen LogP contribution in [0.3, 0.4) is 0 Å². The number of anilines is 1. The minimum absolute atomic E-state index is 0.421. The normalized spacial score (nSPS) is 21.0. The Bertz CT molecular complexity index is 735. The van der Waals surface area contributed by atoms with E-state index >= 15 is 0 Å². The van der Waals surface area contributed by atoms with Crippen molar-refractivity contribution in [2.75, 3.05) is 11.9 Å². The molecule has 1 aliphatic heterocycles. The first-order valence-corrected chi connectivity index (χ1v) is 7.18. The standard InChI is InChI=1S/C16H13ClN2O3/c17-16(12-8-4-5-9-14(12)18-15(16)20)13(10-19(21)22)11-6-2-1-3-7-11/h1-9,13H,10H2,(H,18,20)/t13-,16+/m1/s1. The van der Waals surface area contributed by atoms with Gasteiger partial charge in [0.2, 0.25) is 6.54 Å². The summed E-state index contributed by atoms with van der Waals surface area (Å²) in [6.45, 7) is -0.421. The molecule has 1 N–H and O–H groups in total. The van der Waals surface area contributed by atoms with E-state index in [0.717, 1.165) is 0 Å². The smallest absolute Gasteiger partial charge is 0.251 e. The van der Waals surface area contributed by atoms with Crippen molar-refractivity contribution in [1.29, 1.82) is 0 Å². The van der Waals surface area contributed by atoms with Crippen LogP contribution in [0, 0.1) is 10.1 Å². The van der Waals surface area contributed by atoms with Gasteiger partial charge in [-0.05, 0) is 11.6 Å². The van der Waals surface area contributed by atoms with Crippen molar-refractivity contribution in [3.05, 3.63) is 75.8 Å². The topological polar surface area (TPSA) is 72.2 Å². The molecule has 1 amide bonds. The van der Waals surface area contributed by atoms with Gasteiger partial charge < -0.3 is 5.32 Å². The van der Waals surface area contributed by atoms with Gasteiger partial charge in [-0.25, -0.2) is 0 Å². The van der Waals surface area contributed by atoms with Crippen LogP contribution in [0.2, 0.25) is 0 Å². The van der Waals surface area contributed by atoms with Crippen LogP contribution < -0.4 is 5.32 Å². The van der Waals surface area contributed by atoms with Crippen LogP contribution in [-0.4, -0.2) is 17.4 Å². The van der Waals surface area contributed by atoms with Crippen molar-refractivity contribution < 1.29 is 9.72 Å². The highest BCUT2D eigenvalue weighted by molar-refractivity contribution is 6.39. The van der Waals surface area contributed by atoms with E-state index in [1.165, 1.54) is 0 Å². The molecule has 1 aliphatic rings. The molecule has 112 valence electrons. The third-order valence-electron chi connectivity index (χ3n) is 3.91. The quantitative estimate of drug-likeness (QED) is 0.535. The summed E-state index contributed by atoms with van der Waals surface area (Å²) in [5.41, 5.74) is 1.85. The van der Waals surface area contributed by atoms with Crippen molar-refractivity contribution in [2.45, 2.75) is 10.8 Å². The van der Waals surface area contributed by atoms with Gasteiger partial charge in [0, 0.05) is 16.2 Å². The number of hydrogen-bond donors (Lipinski definition) is 1. The molecule has 0 saturated carbocycles. The maximum atomic E-state index is 12.5. The van der Waals surface area contributed by atoms with Crippen LogP contribution in [0.25, 0.3) is 0 Å². The molecule has 22 heavy (non-hydrogen) atoms. The number of carbonyl (C=O) groups excluding carboxylic acids is 1. The minimum atomic E-state index is -1.48. The highest BCUT2D eigenvalue weighted by Crippen LogP contribution is 2.50. The number of nitro groups is 1. The molecule has 0 fully saturated rings. The van der Waals surface area contributed by atoms with Crippen LogP contribution >= 0.6 is 11.6 Å². The molecule has 0 bridgehead atoms. The Morgan fingerprint density at radius 2 is 1.77 bits per heavy atom. The Morgan fingerprint density at radius 3 is 2.45 bits per heavy atom. The first-order valence-electron chi connectivity index (χ1n) is 6.80. The van der Waals surface area contributed by atoms with Gasteiger partial charge in [-0.2, -0.15) is 0 Å². The summed E-state index contributed by atoms with van der Waals surface area (Å²) < 4.78 is 0. The van der Waals surface area contributed by atoms with Gasteiger partial charge in [0.1, 0.15) is 0 Å². The summed E-state index contributed by atoms with van der Waals surface area (Å²) in [5.74, 6) is -1.18. The Labute approximate surface area is 132 Å². The summed E-state index contributed by atoms with van der Waals surface area (Å²) in [5, 5.41) is 13.8. The van der Waals surface area contributed by atoms with E-state index in [9.17, 15) is 14.9 Å². The number of nitrogens with one attached hydrogen (secondary N) is 1. The number of hydrogen-bond acceptors (Lipinski definition) is 3. The molecule has 0 radical (unpaired) electrons. The minimum Gasteiger partial charge on any atom is -0.324 e. The Hall–Kier alpha value is -2.40. The number of benzene rings is 2. The SMILES string of the molecule is O=C1Nc2ccccc2[C@]1(Cl)[C@H](C[N+](=O)[O-])c1ccccc1. The van der Waals surface area contributed by atoms with Crippen molar-refractivity contribution >= 4 is 23.2 Å². The molecule has 2 atom stereocenters. The molecule has 0 aromatic heterocycles. The van der Waals surface area contributed by atoms with E-state index in [0.29, 0.717) is 16.8 Å². The van der Waals surface area contributed by atoms with E-state index in [2.05, 4.69) is 5.32 Å². The molecule has 2 aromatic carbocycles. The fraction of sp³-hybridized carbons (Fsp3) is 0.188. The Kier molecular flexibility index (Phi) is 3.58. The number of para-hydroxylation sites is 1. The van der Waals surface area contributed by atoms with Crippen molar-refractivity contribution in [1.82, 2.24) is 0 Å². The summed E-state index contributed by atoms with van der Waals surface area (Å²) in [7, 11) is 0. The molecule has 0 aliphatic carbocycles. The van der Waals surface area contributed by atoms with E-state index in [4.69, 9.17) is 11.6 Å². The van der Waals surface area contributed by atoms with Crippen LogP contribution in [-0.2, 0) is 9.67 Å². The number of amides is 1. The summed E-state index contributed by atoms with van der Waals surface area (Å²) in [4.78, 5) is 21.7. The van der Waals surface area contributed by atoms with E-state index in [-0.39, 0.29) is 0 Å². The third-order valence-corrected chi connectivity index (χ3v) is 4.55. The fourth-order valence-electron chi connectivity index (χ4n) is 2.89. The first-order chi connectivity index (χ1) is 10.5. The molecule has 0 unspecified atom stereocenters. The lowest BCUT2D eigenvalue weighted by Gasteiger charge is -2.27. The van der Waals surface area contributed by atoms with E-state index in [1.807, 2.05) is 6.07 Å². The average Bonchev–Trinajstić information content (AvgIpc) is 2.78. The zero-order valence-electron chi connectivity index (χ0n) is 11.5. The van der Waals surface area contributed by atoms with Crippen LogP contribution in [0.15, 0.2) is 54.6 Å². The number of halogens is 1. The fourth-order valence-corrected chi connectivity index (χ4v) is 3.29. The van der Waals surface area contributed by atoms with E-state index in [1.54, 1.807) is 48.5 Å². The first kappa shape index (κ1) is 14.5. The molecule has 0 spiro atoms. The number of carbonyl (C=O) groups is 1. The highest BCUT2D eigenvalue weighted by Gasteiger charge is 2.53. The second-order valence-electron chi connectivity index (χ2n) is 5.19. The van der Waals surface area contributed by atoms with Crippen LogP contribution in [0.4, 0.5) is 5.69 Å². The third kappa shape index (κ3) is 2.23. The van der Waals surface area contributed by atoms with Gasteiger partial charge >= 0.3 is 0 Å². The van der Waals surface area contributed by atoms with Crippen molar-refractivity contribution in [2.24, 2.45) is 0 Å². The summed E-state index contributed by atoms with van der Waals surface area (Å²) in [6, 6.07) is 15.9. The van der Waals surface area contributed by atoms with Gasteiger partial charge in [-0.15, -0.1) is 11.6 Å². The lowest BCUT2D eigenvalue weighted by molar-refractivity contribution is -0.484. The van der Waals surface area contributed by atoms with Gasteiger partial charge in [-0.3, -0.25) is 14.9 Å². The van der Waals surface area contributed by atoms with Crippen LogP contribution in [0.5, 0.6) is 0 Å². The molecule has 6 heteroatoms. The lowest BCUT2D eigenvalue weighted by atomic mass is 9.81. The van der Waals surface area contributed by atoms with E-state index < -0.39 is 28.2 Å². The van der Waals surface area contributed by atoms with Gasteiger partial charge in [0.05, 0.1) is 5.92 Å². The Balaban J connectivity index is 2.15. The molecule has 1 heterocycles. The number of alkyl halides is 1. The molecular formula is C16H13ClN2O3. The summed E-state index contributed by atoms with van der Waals surface area (Å²) >= 11 is 6.68. The average molecular weight is 317 g/mol.